The van der Waals surface area contributed by atoms with E-state index in [0.717, 1.165) is 19.4 Å². The van der Waals surface area contributed by atoms with Crippen LogP contribution in [0, 0.1) is 0 Å². The van der Waals surface area contributed by atoms with E-state index in [-0.39, 0.29) is 12.5 Å². The SMILES string of the molecule is O=C(O)CCCn1nnnc1C1CCCO1. The molecular formula is C9H14N4O3. The molecule has 0 saturated carbocycles. The molecule has 7 heteroatoms. The molecule has 1 aliphatic rings. The normalized spacial score (nSPS) is 20.1. The van der Waals surface area contributed by atoms with Crippen LogP contribution in [0.3, 0.4) is 0 Å². The molecule has 1 aromatic rings. The van der Waals surface area contributed by atoms with E-state index in [9.17, 15) is 4.79 Å². The van der Waals surface area contributed by atoms with Gasteiger partial charge in [0.1, 0.15) is 6.10 Å². The first-order chi connectivity index (χ1) is 7.77. The van der Waals surface area contributed by atoms with Crippen molar-refractivity contribution in [3.05, 3.63) is 5.82 Å². The molecule has 1 saturated heterocycles. The van der Waals surface area contributed by atoms with E-state index in [1.807, 2.05) is 0 Å². The number of carboxylic acid groups (broad SMARTS) is 1. The van der Waals surface area contributed by atoms with Gasteiger partial charge in [-0.1, -0.05) is 0 Å². The topological polar surface area (TPSA) is 90.1 Å². The lowest BCUT2D eigenvalue weighted by Gasteiger charge is -2.08. The zero-order chi connectivity index (χ0) is 11.4. The summed E-state index contributed by atoms with van der Waals surface area (Å²) in [5, 5.41) is 19.9. The average Bonchev–Trinajstić information content (AvgIpc) is 2.84. The Morgan fingerprint density at radius 2 is 2.50 bits per heavy atom. The van der Waals surface area contributed by atoms with E-state index < -0.39 is 5.97 Å². The maximum Gasteiger partial charge on any atom is 0.303 e. The van der Waals surface area contributed by atoms with Crippen molar-refractivity contribution in [1.82, 2.24) is 20.2 Å². The predicted molar refractivity (Wildman–Crippen MR) is 52.6 cm³/mol. The monoisotopic (exact) mass is 226 g/mol. The molecule has 1 N–H and O–H groups in total. The molecule has 0 amide bonds. The van der Waals surface area contributed by atoms with Crippen molar-refractivity contribution in [3.63, 3.8) is 0 Å². The number of carbonyl (C=O) groups is 1. The molecule has 0 bridgehead atoms. The third-order valence-corrected chi connectivity index (χ3v) is 2.54. The van der Waals surface area contributed by atoms with E-state index >= 15 is 0 Å². The number of rotatable bonds is 5. The summed E-state index contributed by atoms with van der Waals surface area (Å²) in [5.74, 6) is -0.0883. The molecule has 0 spiro atoms. The van der Waals surface area contributed by atoms with E-state index in [1.165, 1.54) is 0 Å². The minimum atomic E-state index is -0.799. The van der Waals surface area contributed by atoms with Crippen LogP contribution < -0.4 is 0 Å². The van der Waals surface area contributed by atoms with Crippen molar-refractivity contribution in [2.45, 2.75) is 38.3 Å². The summed E-state index contributed by atoms with van der Waals surface area (Å²) in [6.07, 6.45) is 2.58. The number of aromatic nitrogens is 4. The molecule has 1 atom stereocenters. The zero-order valence-electron chi connectivity index (χ0n) is 8.87. The molecule has 1 fully saturated rings. The molecule has 7 nitrogen and oxygen atoms in total. The molecule has 0 aromatic carbocycles. The average molecular weight is 226 g/mol. The van der Waals surface area contributed by atoms with Crippen LogP contribution in [0.2, 0.25) is 0 Å². The van der Waals surface area contributed by atoms with Crippen molar-refractivity contribution >= 4 is 5.97 Å². The molecule has 88 valence electrons. The smallest absolute Gasteiger partial charge is 0.303 e. The van der Waals surface area contributed by atoms with E-state index in [0.29, 0.717) is 18.8 Å². The maximum absolute atomic E-state index is 10.4. The van der Waals surface area contributed by atoms with Gasteiger partial charge in [-0.3, -0.25) is 4.79 Å². The first-order valence-corrected chi connectivity index (χ1v) is 5.37. The van der Waals surface area contributed by atoms with Gasteiger partial charge in [-0.2, -0.15) is 0 Å². The molecule has 16 heavy (non-hydrogen) atoms. The standard InChI is InChI=1S/C9H14N4O3/c14-8(15)4-1-5-13-9(10-11-12-13)7-3-2-6-16-7/h7H,1-6H2,(H,14,15). The highest BCUT2D eigenvalue weighted by Gasteiger charge is 2.23. The fourth-order valence-corrected chi connectivity index (χ4v) is 1.76. The summed E-state index contributed by atoms with van der Waals surface area (Å²) in [6, 6.07) is 0. The molecule has 0 radical (unpaired) electrons. The van der Waals surface area contributed by atoms with E-state index in [2.05, 4.69) is 15.5 Å². The summed E-state index contributed by atoms with van der Waals surface area (Å²) in [5.41, 5.74) is 0. The second kappa shape index (κ2) is 5.02. The molecule has 2 heterocycles. The highest BCUT2D eigenvalue weighted by atomic mass is 16.5. The Hall–Kier alpha value is -1.50. The van der Waals surface area contributed by atoms with Crippen LogP contribution in [-0.4, -0.2) is 37.9 Å². The Morgan fingerprint density at radius 3 is 3.19 bits per heavy atom. The van der Waals surface area contributed by atoms with Gasteiger partial charge in [-0.05, 0) is 29.7 Å². The first kappa shape index (κ1) is 11.0. The molecule has 1 aromatic heterocycles. The third-order valence-electron chi connectivity index (χ3n) is 2.54. The Kier molecular flexibility index (Phi) is 3.45. The highest BCUT2D eigenvalue weighted by Crippen LogP contribution is 2.26. The van der Waals surface area contributed by atoms with E-state index in [4.69, 9.17) is 9.84 Å². The number of nitrogens with zero attached hydrogens (tertiary/aromatic N) is 4. The fourth-order valence-electron chi connectivity index (χ4n) is 1.76. The van der Waals surface area contributed by atoms with Gasteiger partial charge >= 0.3 is 5.97 Å². The number of tetrazole rings is 1. The van der Waals surface area contributed by atoms with Gasteiger partial charge in [0.05, 0.1) is 0 Å². The number of aliphatic carboxylic acids is 1. The Morgan fingerprint density at radius 1 is 1.62 bits per heavy atom. The van der Waals surface area contributed by atoms with Crippen molar-refractivity contribution < 1.29 is 14.6 Å². The van der Waals surface area contributed by atoms with Gasteiger partial charge in [-0.15, -0.1) is 5.10 Å². The van der Waals surface area contributed by atoms with Gasteiger partial charge < -0.3 is 9.84 Å². The van der Waals surface area contributed by atoms with Crippen LogP contribution in [0.5, 0.6) is 0 Å². The lowest BCUT2D eigenvalue weighted by Crippen LogP contribution is -2.11. The summed E-state index contributed by atoms with van der Waals surface area (Å²) >= 11 is 0. The summed E-state index contributed by atoms with van der Waals surface area (Å²) in [7, 11) is 0. The Bertz CT molecular complexity index is 359. The van der Waals surface area contributed by atoms with Crippen LogP contribution in [-0.2, 0) is 16.1 Å². The van der Waals surface area contributed by atoms with Crippen molar-refractivity contribution in [2.75, 3.05) is 6.61 Å². The second-order valence-corrected chi connectivity index (χ2v) is 3.76. The summed E-state index contributed by atoms with van der Waals surface area (Å²) in [6.45, 7) is 1.27. The van der Waals surface area contributed by atoms with Gasteiger partial charge in [0, 0.05) is 19.6 Å². The molecular weight excluding hydrogens is 212 g/mol. The summed E-state index contributed by atoms with van der Waals surface area (Å²) < 4.78 is 7.12. The molecule has 1 aliphatic heterocycles. The van der Waals surface area contributed by atoms with Crippen LogP contribution in [0.1, 0.15) is 37.6 Å². The lowest BCUT2D eigenvalue weighted by molar-refractivity contribution is -0.137. The highest BCUT2D eigenvalue weighted by molar-refractivity contribution is 5.66. The number of ether oxygens (including phenoxy) is 1. The van der Waals surface area contributed by atoms with Gasteiger partial charge in [0.2, 0.25) is 0 Å². The molecule has 2 rings (SSSR count). The van der Waals surface area contributed by atoms with Crippen LogP contribution >= 0.6 is 0 Å². The third kappa shape index (κ3) is 2.54. The van der Waals surface area contributed by atoms with Crippen molar-refractivity contribution in [2.24, 2.45) is 0 Å². The number of hydrogen-bond acceptors (Lipinski definition) is 5. The molecule has 0 aliphatic carbocycles. The largest absolute Gasteiger partial charge is 0.481 e. The first-order valence-electron chi connectivity index (χ1n) is 5.37. The van der Waals surface area contributed by atoms with Gasteiger partial charge in [0.15, 0.2) is 5.82 Å². The Labute approximate surface area is 92.4 Å². The number of hydrogen-bond donors (Lipinski definition) is 1. The van der Waals surface area contributed by atoms with Crippen LogP contribution in [0.4, 0.5) is 0 Å². The molecule has 1 unspecified atom stereocenters. The van der Waals surface area contributed by atoms with Crippen molar-refractivity contribution in [1.29, 1.82) is 0 Å². The minimum Gasteiger partial charge on any atom is -0.481 e. The van der Waals surface area contributed by atoms with Gasteiger partial charge in [0.25, 0.3) is 0 Å². The predicted octanol–water partition coefficient (Wildman–Crippen LogP) is 0.389. The second-order valence-electron chi connectivity index (χ2n) is 3.76. The van der Waals surface area contributed by atoms with Crippen LogP contribution in [0.25, 0.3) is 0 Å². The van der Waals surface area contributed by atoms with Crippen LogP contribution in [0.15, 0.2) is 0 Å². The lowest BCUT2D eigenvalue weighted by atomic mass is 10.2. The number of carboxylic acids is 1. The minimum absolute atomic E-state index is 0.0279. The quantitative estimate of drug-likeness (QED) is 0.781. The van der Waals surface area contributed by atoms with Crippen molar-refractivity contribution in [3.8, 4) is 0 Å². The fraction of sp³-hybridized carbons (Fsp3) is 0.778. The summed E-state index contributed by atoms with van der Waals surface area (Å²) in [4.78, 5) is 10.4. The van der Waals surface area contributed by atoms with Gasteiger partial charge in [-0.25, -0.2) is 4.68 Å². The Balaban J connectivity index is 1.93. The maximum atomic E-state index is 10.4. The zero-order valence-corrected chi connectivity index (χ0v) is 8.87. The van der Waals surface area contributed by atoms with E-state index in [1.54, 1.807) is 4.68 Å². The number of aryl methyl sites for hydroxylation is 1.